The molecule has 30 heavy (non-hydrogen) atoms. The fraction of sp³-hybridized carbons (Fsp3) is 0.381. The highest BCUT2D eigenvalue weighted by Crippen LogP contribution is 2.14. The minimum Gasteiger partial charge on any atom is -0.497 e. The summed E-state index contributed by atoms with van der Waals surface area (Å²) in [6, 6.07) is 14.9. The van der Waals surface area contributed by atoms with E-state index >= 15 is 0 Å². The summed E-state index contributed by atoms with van der Waals surface area (Å²) in [4.78, 5) is 14.3. The van der Waals surface area contributed by atoms with Gasteiger partial charge < -0.3 is 15.4 Å². The number of piperazine rings is 1. The Hall–Kier alpha value is -2.62. The molecule has 0 bridgehead atoms. The van der Waals surface area contributed by atoms with Gasteiger partial charge in [0, 0.05) is 47.8 Å². The smallest absolute Gasteiger partial charge is 0.319 e. The Labute approximate surface area is 180 Å². The molecule has 1 fully saturated rings. The summed E-state index contributed by atoms with van der Waals surface area (Å²) in [5, 5.41) is 5.65. The molecule has 0 saturated carbocycles. The third kappa shape index (κ3) is 6.45. The van der Waals surface area contributed by atoms with Gasteiger partial charge in [-0.05, 0) is 35.4 Å². The van der Waals surface area contributed by atoms with Gasteiger partial charge >= 0.3 is 6.03 Å². The standard InChI is InChI=1S/C21H28N4O4S.2H2/c1-29-20-9-5-17(6-10-20)15-22-21(26)23-19-7-3-18(4-8-19)16-24-11-13-25(14-12-24)30(2,27)28;;/h3-10H,11-16H2,1-2H3,(H2,22,23,26);2*1H. The van der Waals surface area contributed by atoms with E-state index in [2.05, 4.69) is 15.5 Å². The number of hydrogen-bond acceptors (Lipinski definition) is 5. The fourth-order valence-corrected chi connectivity index (χ4v) is 4.10. The Kier molecular flexibility index (Phi) is 7.30. The Morgan fingerprint density at radius 1 is 1.00 bits per heavy atom. The Morgan fingerprint density at radius 2 is 1.60 bits per heavy atom. The number of sulfonamides is 1. The van der Waals surface area contributed by atoms with E-state index in [1.54, 1.807) is 7.11 Å². The minimum absolute atomic E-state index is 0. The fourth-order valence-electron chi connectivity index (χ4n) is 3.27. The van der Waals surface area contributed by atoms with Crippen LogP contribution >= 0.6 is 0 Å². The van der Waals surface area contributed by atoms with Crippen LogP contribution in [0.4, 0.5) is 10.5 Å². The molecular formula is C21H32N4O4S. The van der Waals surface area contributed by atoms with Gasteiger partial charge in [-0.25, -0.2) is 13.2 Å². The van der Waals surface area contributed by atoms with Crippen LogP contribution in [0.5, 0.6) is 5.75 Å². The number of urea groups is 1. The number of benzene rings is 2. The molecule has 1 aliphatic rings. The van der Waals surface area contributed by atoms with Crippen molar-refractivity contribution in [3.05, 3.63) is 59.7 Å². The molecule has 9 heteroatoms. The van der Waals surface area contributed by atoms with Crippen molar-refractivity contribution in [2.45, 2.75) is 13.1 Å². The van der Waals surface area contributed by atoms with Crippen molar-refractivity contribution in [1.29, 1.82) is 0 Å². The number of carbonyl (C=O) groups excluding carboxylic acids is 1. The van der Waals surface area contributed by atoms with E-state index in [0.717, 1.165) is 23.4 Å². The van der Waals surface area contributed by atoms with Crippen LogP contribution in [0, 0.1) is 0 Å². The summed E-state index contributed by atoms with van der Waals surface area (Å²) in [7, 11) is -1.49. The van der Waals surface area contributed by atoms with Gasteiger partial charge in [0.1, 0.15) is 5.75 Å². The molecule has 1 saturated heterocycles. The van der Waals surface area contributed by atoms with Gasteiger partial charge in [-0.2, -0.15) is 4.31 Å². The molecule has 0 radical (unpaired) electrons. The summed E-state index contributed by atoms with van der Waals surface area (Å²) in [5.41, 5.74) is 2.82. The van der Waals surface area contributed by atoms with Crippen molar-refractivity contribution in [3.63, 3.8) is 0 Å². The average molecular weight is 437 g/mol. The van der Waals surface area contributed by atoms with Gasteiger partial charge in [0.05, 0.1) is 13.4 Å². The molecule has 3 rings (SSSR count). The van der Waals surface area contributed by atoms with Crippen LogP contribution in [-0.4, -0.2) is 63.2 Å². The van der Waals surface area contributed by atoms with Crippen LogP contribution in [0.2, 0.25) is 0 Å². The van der Waals surface area contributed by atoms with Crippen molar-refractivity contribution in [3.8, 4) is 5.75 Å². The van der Waals surface area contributed by atoms with Crippen LogP contribution < -0.4 is 15.4 Å². The third-order valence-corrected chi connectivity index (χ3v) is 6.33. The highest BCUT2D eigenvalue weighted by molar-refractivity contribution is 7.88. The SMILES string of the molecule is COc1ccc(CNC(=O)Nc2ccc(CN3CCN(S(C)(=O)=O)CC3)cc2)cc1.[HH].[HH]. The molecule has 1 aliphatic heterocycles. The third-order valence-electron chi connectivity index (χ3n) is 5.03. The van der Waals surface area contributed by atoms with E-state index < -0.39 is 10.0 Å². The maximum absolute atomic E-state index is 12.1. The largest absolute Gasteiger partial charge is 0.497 e. The lowest BCUT2D eigenvalue weighted by atomic mass is 10.2. The number of nitrogens with zero attached hydrogens (tertiary/aromatic N) is 2. The van der Waals surface area contributed by atoms with Gasteiger partial charge in [0.25, 0.3) is 0 Å². The first-order valence-electron chi connectivity index (χ1n) is 9.78. The van der Waals surface area contributed by atoms with Crippen molar-refractivity contribution in [2.24, 2.45) is 0 Å². The lowest BCUT2D eigenvalue weighted by Gasteiger charge is -2.33. The maximum atomic E-state index is 12.1. The van der Waals surface area contributed by atoms with E-state index in [9.17, 15) is 13.2 Å². The molecule has 8 nitrogen and oxygen atoms in total. The summed E-state index contributed by atoms with van der Waals surface area (Å²) in [5.74, 6) is 0.778. The summed E-state index contributed by atoms with van der Waals surface area (Å²) >= 11 is 0. The van der Waals surface area contributed by atoms with Crippen molar-refractivity contribution >= 4 is 21.7 Å². The van der Waals surface area contributed by atoms with Crippen molar-refractivity contribution < 1.29 is 20.8 Å². The van der Waals surface area contributed by atoms with Crippen LogP contribution in [0.1, 0.15) is 14.0 Å². The summed E-state index contributed by atoms with van der Waals surface area (Å²) in [6.07, 6.45) is 1.25. The molecule has 166 valence electrons. The number of carbonyl (C=O) groups is 1. The van der Waals surface area contributed by atoms with Gasteiger partial charge in [-0.3, -0.25) is 4.90 Å². The second kappa shape index (κ2) is 9.92. The van der Waals surface area contributed by atoms with Crippen molar-refractivity contribution in [2.75, 3.05) is 44.9 Å². The van der Waals surface area contributed by atoms with Crippen LogP contribution in [0.3, 0.4) is 0 Å². The minimum atomic E-state index is -3.11. The molecule has 0 aliphatic carbocycles. The molecule has 0 atom stereocenters. The monoisotopic (exact) mass is 436 g/mol. The Bertz CT molecular complexity index is 949. The molecule has 2 amide bonds. The normalized spacial score (nSPS) is 15.5. The highest BCUT2D eigenvalue weighted by atomic mass is 32.2. The summed E-state index contributed by atoms with van der Waals surface area (Å²) < 4.78 is 29.8. The quantitative estimate of drug-likeness (QED) is 0.696. The number of anilines is 1. The van der Waals surface area contributed by atoms with Gasteiger partial charge in [0.15, 0.2) is 0 Å². The van der Waals surface area contributed by atoms with Gasteiger partial charge in [-0.1, -0.05) is 24.3 Å². The van der Waals surface area contributed by atoms with E-state index in [1.807, 2.05) is 48.5 Å². The predicted octanol–water partition coefficient (Wildman–Crippen LogP) is 2.59. The number of amides is 2. The highest BCUT2D eigenvalue weighted by Gasteiger charge is 2.23. The van der Waals surface area contributed by atoms with E-state index in [4.69, 9.17) is 4.74 Å². The van der Waals surface area contributed by atoms with E-state index in [-0.39, 0.29) is 8.88 Å². The molecule has 2 aromatic carbocycles. The first-order valence-corrected chi connectivity index (χ1v) is 11.6. The maximum Gasteiger partial charge on any atom is 0.319 e. The Morgan fingerprint density at radius 3 is 2.17 bits per heavy atom. The topological polar surface area (TPSA) is 91.0 Å². The molecule has 0 spiro atoms. The molecule has 2 aromatic rings. The summed E-state index contributed by atoms with van der Waals surface area (Å²) in [6.45, 7) is 3.64. The van der Waals surface area contributed by atoms with Crippen LogP contribution in [-0.2, 0) is 23.1 Å². The first-order chi connectivity index (χ1) is 14.3. The zero-order valence-corrected chi connectivity index (χ0v) is 18.1. The van der Waals surface area contributed by atoms with Crippen LogP contribution in [0.25, 0.3) is 0 Å². The first kappa shape index (κ1) is 22.1. The number of methoxy groups -OCH3 is 1. The van der Waals surface area contributed by atoms with Crippen LogP contribution in [0.15, 0.2) is 48.5 Å². The number of nitrogens with one attached hydrogen (secondary N) is 2. The Balaban J connectivity index is 0.00000256. The molecular weight excluding hydrogens is 404 g/mol. The lowest BCUT2D eigenvalue weighted by molar-refractivity contribution is 0.182. The molecule has 1 heterocycles. The van der Waals surface area contributed by atoms with E-state index in [1.165, 1.54) is 10.6 Å². The molecule has 0 aromatic heterocycles. The number of ether oxygens (including phenoxy) is 1. The number of rotatable bonds is 7. The predicted molar refractivity (Wildman–Crippen MR) is 121 cm³/mol. The molecule has 2 N–H and O–H groups in total. The second-order valence-electron chi connectivity index (χ2n) is 7.29. The van der Waals surface area contributed by atoms with Crippen molar-refractivity contribution in [1.82, 2.24) is 14.5 Å². The van der Waals surface area contributed by atoms with Gasteiger partial charge in [-0.15, -0.1) is 0 Å². The number of hydrogen-bond donors (Lipinski definition) is 2. The second-order valence-corrected chi connectivity index (χ2v) is 9.27. The zero-order valence-electron chi connectivity index (χ0n) is 17.3. The average Bonchev–Trinajstić information content (AvgIpc) is 2.74. The van der Waals surface area contributed by atoms with Gasteiger partial charge in [0.2, 0.25) is 10.0 Å². The lowest BCUT2D eigenvalue weighted by Crippen LogP contribution is -2.47. The molecule has 0 unspecified atom stereocenters. The van der Waals surface area contributed by atoms with E-state index in [0.29, 0.717) is 38.4 Å². The zero-order chi connectivity index (χ0) is 21.6.